The van der Waals surface area contributed by atoms with Crippen molar-refractivity contribution in [2.24, 2.45) is 23.1 Å². The molecule has 1 saturated heterocycles. The average Bonchev–Trinajstić information content (AvgIpc) is 3.97. The molecule has 1 aliphatic heterocycles. The SMILES string of the molecule is CC(C)[C@@H](NC(=O)[C@H](CCC(=O)O)NC(=O)[C@H](NC(=O)[C@@H](Cc1ccc(O)cc1)NC(=O)[C@@H](CCCN)NC(=O)[C@@H](N)CCC(=O)O)[C@@H](C)O)C(=O)N1CCC[C@H]1C(=O)N[C@@H](CCC(N)=O)C(=O)N[C@@H](Cc1ccc(O)cc1)C(=O)O. The maximum Gasteiger partial charge on any atom is 0.326 e. The number of hydrogen-bond acceptors (Lipinski definition) is 17. The molecular formula is C52H75N11O18. The van der Waals surface area contributed by atoms with Gasteiger partial charge >= 0.3 is 17.9 Å². The summed E-state index contributed by atoms with van der Waals surface area (Å²) in [6, 6.07) is -2.75. The van der Waals surface area contributed by atoms with E-state index in [0.717, 1.165) is 11.8 Å². The molecule has 0 unspecified atom stereocenters. The first-order valence-electron chi connectivity index (χ1n) is 26.2. The molecule has 2 aromatic rings. The number of aliphatic hydroxyl groups is 1. The maximum atomic E-state index is 14.4. The van der Waals surface area contributed by atoms with Crippen molar-refractivity contribution in [3.05, 3.63) is 59.7 Å². The number of hydrogen-bond donors (Lipinski definition) is 16. The zero-order valence-electron chi connectivity index (χ0n) is 45.1. The Morgan fingerprint density at radius 2 is 1.01 bits per heavy atom. The second-order valence-electron chi connectivity index (χ2n) is 19.9. The number of nitrogens with two attached hydrogens (primary N) is 3. The minimum atomic E-state index is -1.91. The highest BCUT2D eigenvalue weighted by Crippen LogP contribution is 2.22. The van der Waals surface area contributed by atoms with Crippen LogP contribution in [0.2, 0.25) is 0 Å². The van der Waals surface area contributed by atoms with E-state index in [1.807, 2.05) is 0 Å². The lowest BCUT2D eigenvalue weighted by atomic mass is 10.00. The van der Waals surface area contributed by atoms with Gasteiger partial charge in [0.15, 0.2) is 0 Å². The minimum Gasteiger partial charge on any atom is -0.508 e. The van der Waals surface area contributed by atoms with Gasteiger partial charge in [-0.1, -0.05) is 38.1 Å². The molecule has 3 rings (SSSR count). The summed E-state index contributed by atoms with van der Waals surface area (Å²) in [6.45, 7) is 4.22. The zero-order valence-corrected chi connectivity index (χ0v) is 45.1. The van der Waals surface area contributed by atoms with Crippen LogP contribution in [0, 0.1) is 5.92 Å². The molecule has 0 aromatic heterocycles. The van der Waals surface area contributed by atoms with Gasteiger partial charge in [-0.3, -0.25) is 52.7 Å². The van der Waals surface area contributed by atoms with Crippen molar-refractivity contribution < 1.29 is 88.2 Å². The van der Waals surface area contributed by atoms with Crippen LogP contribution in [-0.2, 0) is 70.4 Å². The number of carbonyl (C=O) groups is 12. The van der Waals surface area contributed by atoms with Crippen molar-refractivity contribution in [1.29, 1.82) is 0 Å². The van der Waals surface area contributed by atoms with Crippen molar-refractivity contribution in [2.75, 3.05) is 13.1 Å². The Morgan fingerprint density at radius 3 is 1.52 bits per heavy atom. The van der Waals surface area contributed by atoms with E-state index in [2.05, 4.69) is 37.2 Å². The first kappa shape index (κ1) is 66.8. The second kappa shape index (κ2) is 32.6. The van der Waals surface area contributed by atoms with Crippen LogP contribution in [0.3, 0.4) is 0 Å². The van der Waals surface area contributed by atoms with Crippen molar-refractivity contribution in [2.45, 2.75) is 158 Å². The first-order chi connectivity index (χ1) is 38.1. The van der Waals surface area contributed by atoms with Crippen molar-refractivity contribution in [1.82, 2.24) is 42.1 Å². The van der Waals surface area contributed by atoms with Crippen LogP contribution in [0.4, 0.5) is 0 Å². The standard InChI is InChI=1S/C52H75N11O18/c1-26(2)42(51(79)63-23-5-7-38(63)49(77)57-34(17-19-39(55)67)46(74)60-37(52(80)81)25-29-10-14-31(66)15-11-29)61-47(75)35(18-21-41(70)71)58-50(78)43(27(3)64)62-48(76)36(24-28-8-12-30(65)13-9-28)59-45(73)33(6-4-22-53)56-44(72)32(54)16-20-40(68)69/h8-15,26-27,32-38,42-43,64-66H,4-7,16-25,53-54H2,1-3H3,(H2,55,67)(H,56,72)(H,57,77)(H,58,78)(H,59,73)(H,60,74)(H,61,75)(H,62,76)(H,68,69)(H,70,71)(H,80,81)/t27-,32+,33-,34+,35+,36-,37+,38+,42-,43-/m1/s1. The lowest BCUT2D eigenvalue weighted by Crippen LogP contribution is -2.62. The molecule has 2 aromatic carbocycles. The van der Waals surface area contributed by atoms with Crippen LogP contribution in [0.15, 0.2) is 48.5 Å². The number of primary amides is 1. The average molecular weight is 1140 g/mol. The van der Waals surface area contributed by atoms with Gasteiger partial charge in [-0.2, -0.15) is 0 Å². The summed E-state index contributed by atoms with van der Waals surface area (Å²) in [5.74, 6) is -13.7. The van der Waals surface area contributed by atoms with Crippen molar-refractivity contribution in [3.63, 3.8) is 0 Å². The summed E-state index contributed by atoms with van der Waals surface area (Å²) in [6.07, 6.45) is -4.65. The molecule has 0 spiro atoms. The monoisotopic (exact) mass is 1140 g/mol. The molecule has 0 saturated carbocycles. The fourth-order valence-corrected chi connectivity index (χ4v) is 8.50. The van der Waals surface area contributed by atoms with E-state index in [9.17, 15) is 83.1 Å². The number of nitrogens with zero attached hydrogens (tertiary/aromatic N) is 1. The highest BCUT2D eigenvalue weighted by Gasteiger charge is 2.42. The number of likely N-dealkylation sites (tertiary alicyclic amines) is 1. The number of phenolic OH excluding ortho intramolecular Hbond substituents is 2. The number of carbonyl (C=O) groups excluding carboxylic acids is 9. The number of carboxylic acids is 3. The molecule has 10 atom stereocenters. The third-order valence-electron chi connectivity index (χ3n) is 13.1. The summed E-state index contributed by atoms with van der Waals surface area (Å²) < 4.78 is 0. The van der Waals surface area contributed by atoms with Gasteiger partial charge in [0.1, 0.15) is 59.8 Å². The smallest absolute Gasteiger partial charge is 0.326 e. The quantitative estimate of drug-likeness (QED) is 0.0323. The number of aromatic hydroxyl groups is 2. The van der Waals surface area contributed by atoms with Gasteiger partial charge in [-0.05, 0) is 99.7 Å². The topological polar surface area (TPSA) is 492 Å². The number of nitrogens with one attached hydrogen (secondary N) is 7. The Balaban J connectivity index is 1.86. The van der Waals surface area contributed by atoms with Crippen molar-refractivity contribution in [3.8, 4) is 11.5 Å². The van der Waals surface area contributed by atoms with Crippen molar-refractivity contribution >= 4 is 71.1 Å². The second-order valence-corrected chi connectivity index (χ2v) is 19.9. The molecule has 29 nitrogen and oxygen atoms in total. The van der Waals surface area contributed by atoms with Crippen LogP contribution < -0.4 is 54.4 Å². The molecule has 446 valence electrons. The van der Waals surface area contributed by atoms with E-state index in [4.69, 9.17) is 22.3 Å². The molecule has 29 heteroatoms. The first-order valence-corrected chi connectivity index (χ1v) is 26.2. The van der Waals surface area contributed by atoms with E-state index in [1.54, 1.807) is 0 Å². The lowest BCUT2D eigenvalue weighted by molar-refractivity contribution is -0.144. The molecule has 81 heavy (non-hydrogen) atoms. The van der Waals surface area contributed by atoms with Crippen LogP contribution in [0.1, 0.15) is 96.1 Å². The fraction of sp³-hybridized carbons (Fsp3) is 0.538. The lowest BCUT2D eigenvalue weighted by Gasteiger charge is -2.32. The van der Waals surface area contributed by atoms with E-state index in [1.165, 1.54) is 62.4 Å². The fourth-order valence-electron chi connectivity index (χ4n) is 8.50. The third-order valence-corrected chi connectivity index (χ3v) is 13.1. The van der Waals surface area contributed by atoms with Crippen LogP contribution in [0.5, 0.6) is 11.5 Å². The summed E-state index contributed by atoms with van der Waals surface area (Å²) in [5.41, 5.74) is 17.7. The number of carboxylic acid groups (broad SMARTS) is 3. The molecule has 1 aliphatic rings. The highest BCUT2D eigenvalue weighted by molar-refractivity contribution is 5.99. The predicted molar refractivity (Wildman–Crippen MR) is 284 cm³/mol. The Morgan fingerprint density at radius 1 is 0.568 bits per heavy atom. The number of aliphatic carboxylic acids is 3. The third kappa shape index (κ3) is 22.3. The molecule has 1 heterocycles. The van der Waals surface area contributed by atoms with Gasteiger partial charge in [0.2, 0.25) is 53.2 Å². The molecule has 0 bridgehead atoms. The van der Waals surface area contributed by atoms with E-state index in [0.29, 0.717) is 11.1 Å². The largest absolute Gasteiger partial charge is 0.508 e. The summed E-state index contributed by atoms with van der Waals surface area (Å²) in [4.78, 5) is 159. The molecule has 9 amide bonds. The Labute approximate surface area is 465 Å². The normalized spacial score (nSPS) is 16.3. The van der Waals surface area contributed by atoms with Crippen LogP contribution in [0.25, 0.3) is 0 Å². The molecule has 1 fully saturated rings. The van der Waals surface area contributed by atoms with Gasteiger partial charge in [0.25, 0.3) is 0 Å². The summed E-state index contributed by atoms with van der Waals surface area (Å²) in [7, 11) is 0. The van der Waals surface area contributed by atoms with Gasteiger partial charge in [0.05, 0.1) is 12.1 Å². The molecular weight excluding hydrogens is 1070 g/mol. The van der Waals surface area contributed by atoms with Gasteiger partial charge in [-0.25, -0.2) is 4.79 Å². The van der Waals surface area contributed by atoms with E-state index < -0.39 is 163 Å². The minimum absolute atomic E-state index is 0.0310. The number of phenols is 2. The Kier molecular flexibility index (Phi) is 26.9. The van der Waals surface area contributed by atoms with E-state index >= 15 is 0 Å². The van der Waals surface area contributed by atoms with E-state index in [-0.39, 0.29) is 76.0 Å². The summed E-state index contributed by atoms with van der Waals surface area (Å²) in [5, 5.41) is 76.0. The molecule has 0 radical (unpaired) electrons. The van der Waals surface area contributed by atoms with Gasteiger partial charge in [0, 0.05) is 38.6 Å². The molecule has 0 aliphatic carbocycles. The van der Waals surface area contributed by atoms with Gasteiger partial charge < -0.3 is 90.0 Å². The number of rotatable bonds is 34. The predicted octanol–water partition coefficient (Wildman–Crippen LogP) is -3.55. The van der Waals surface area contributed by atoms with Crippen LogP contribution in [-0.4, -0.2) is 180 Å². The van der Waals surface area contributed by atoms with Gasteiger partial charge in [-0.15, -0.1) is 0 Å². The number of benzene rings is 2. The maximum absolute atomic E-state index is 14.4. The Bertz CT molecular complexity index is 2550. The number of amides is 9. The number of aliphatic hydroxyl groups excluding tert-OH is 1. The zero-order chi connectivity index (χ0) is 60.7. The Hall–Kier alpha value is -8.44. The van der Waals surface area contributed by atoms with Crippen LogP contribution >= 0.6 is 0 Å². The molecule has 19 N–H and O–H groups in total. The summed E-state index contributed by atoms with van der Waals surface area (Å²) >= 11 is 0. The highest BCUT2D eigenvalue weighted by atomic mass is 16.4.